The maximum absolute atomic E-state index is 11.3. The zero-order valence-corrected chi connectivity index (χ0v) is 9.24. The van der Waals surface area contributed by atoms with Crippen molar-refractivity contribution in [3.63, 3.8) is 0 Å². The summed E-state index contributed by atoms with van der Waals surface area (Å²) in [4.78, 5) is 13.9. The zero-order chi connectivity index (χ0) is 12.5. The molecule has 0 atom stereocenters. The molecule has 0 aromatic heterocycles. The molecule has 90 valence electrons. The average Bonchev–Trinajstić information content (AvgIpc) is 2.36. The van der Waals surface area contributed by atoms with Crippen LogP contribution >= 0.6 is 0 Å². The van der Waals surface area contributed by atoms with Gasteiger partial charge in [0.15, 0.2) is 0 Å². The minimum atomic E-state index is -0.366. The molecule has 0 aliphatic carbocycles. The van der Waals surface area contributed by atoms with Gasteiger partial charge in [-0.2, -0.15) is 0 Å². The fourth-order valence-electron chi connectivity index (χ4n) is 1.18. The topological polar surface area (TPSA) is 95.3 Å². The second-order valence-electron chi connectivity index (χ2n) is 3.33. The van der Waals surface area contributed by atoms with Crippen LogP contribution in [0.1, 0.15) is 18.4 Å². The number of hydrogen-bond donors (Lipinski definition) is 1. The van der Waals surface area contributed by atoms with Crippen molar-refractivity contribution in [1.82, 2.24) is 0 Å². The Morgan fingerprint density at radius 1 is 1.41 bits per heavy atom. The average molecular weight is 235 g/mol. The van der Waals surface area contributed by atoms with E-state index < -0.39 is 0 Å². The van der Waals surface area contributed by atoms with Crippen LogP contribution in [0.2, 0.25) is 0 Å². The van der Waals surface area contributed by atoms with E-state index in [9.17, 15) is 4.79 Å². The molecule has 0 spiro atoms. The Kier molecular flexibility index (Phi) is 5.57. The van der Waals surface area contributed by atoms with E-state index in [4.69, 9.17) is 15.4 Å². The number of carbonyl (C=O) groups is 1. The third-order valence-corrected chi connectivity index (χ3v) is 2.04. The van der Waals surface area contributed by atoms with Crippen LogP contribution in [-0.4, -0.2) is 17.6 Å². The maximum atomic E-state index is 11.3. The molecule has 0 amide bonds. The first-order chi connectivity index (χ1) is 8.26. The molecular formula is C11H13N3O3. The molecule has 0 aliphatic rings. The number of benzene rings is 1. The van der Waals surface area contributed by atoms with Crippen molar-refractivity contribution in [2.24, 2.45) is 5.11 Å². The van der Waals surface area contributed by atoms with E-state index in [0.29, 0.717) is 12.2 Å². The number of nitrogens with zero attached hydrogens (tertiary/aromatic N) is 3. The predicted molar refractivity (Wildman–Crippen MR) is 61.2 cm³/mol. The van der Waals surface area contributed by atoms with Gasteiger partial charge < -0.3 is 9.84 Å². The monoisotopic (exact) mass is 235 g/mol. The van der Waals surface area contributed by atoms with E-state index in [-0.39, 0.29) is 25.5 Å². The van der Waals surface area contributed by atoms with Gasteiger partial charge in [-0.05, 0) is 29.6 Å². The summed E-state index contributed by atoms with van der Waals surface area (Å²) in [5.41, 5.74) is 8.80. The van der Waals surface area contributed by atoms with Gasteiger partial charge >= 0.3 is 5.97 Å². The first-order valence-corrected chi connectivity index (χ1v) is 5.17. The van der Waals surface area contributed by atoms with Gasteiger partial charge in [-0.3, -0.25) is 4.79 Å². The van der Waals surface area contributed by atoms with Crippen LogP contribution in [0.3, 0.4) is 0 Å². The molecule has 6 nitrogen and oxygen atoms in total. The van der Waals surface area contributed by atoms with Gasteiger partial charge in [-0.25, -0.2) is 0 Å². The highest BCUT2D eigenvalue weighted by molar-refractivity contribution is 5.72. The Balaban J connectivity index is 2.36. The highest BCUT2D eigenvalue weighted by atomic mass is 16.5. The highest BCUT2D eigenvalue weighted by Crippen LogP contribution is 2.13. The van der Waals surface area contributed by atoms with Crippen molar-refractivity contribution in [3.8, 4) is 5.75 Å². The summed E-state index contributed by atoms with van der Waals surface area (Å²) < 4.78 is 5.04. The van der Waals surface area contributed by atoms with Gasteiger partial charge in [0, 0.05) is 17.9 Å². The van der Waals surface area contributed by atoms with E-state index in [2.05, 4.69) is 10.0 Å². The number of esters is 1. The lowest BCUT2D eigenvalue weighted by atomic mass is 10.2. The second-order valence-corrected chi connectivity index (χ2v) is 3.33. The van der Waals surface area contributed by atoms with Crippen LogP contribution in [0.25, 0.3) is 10.4 Å². The van der Waals surface area contributed by atoms with Crippen molar-refractivity contribution in [3.05, 3.63) is 40.3 Å². The number of azide groups is 1. The minimum Gasteiger partial charge on any atom is -0.427 e. The van der Waals surface area contributed by atoms with Crippen LogP contribution in [0.4, 0.5) is 0 Å². The molecule has 1 N–H and O–H groups in total. The van der Waals surface area contributed by atoms with Crippen molar-refractivity contribution in [1.29, 1.82) is 0 Å². The summed E-state index contributed by atoms with van der Waals surface area (Å²) in [7, 11) is 0. The molecule has 0 heterocycles. The Bertz CT molecular complexity index is 410. The summed E-state index contributed by atoms with van der Waals surface area (Å²) in [5.74, 6) is 0.0749. The van der Waals surface area contributed by atoms with E-state index in [1.54, 1.807) is 24.3 Å². The quantitative estimate of drug-likeness (QED) is 0.204. The number of rotatable bonds is 6. The normalized spacial score (nSPS) is 9.47. The SMILES string of the molecule is [N-]=[N+]=NCCCC(=O)Oc1ccc(CO)cc1. The maximum Gasteiger partial charge on any atom is 0.311 e. The minimum absolute atomic E-state index is 0.0413. The zero-order valence-electron chi connectivity index (χ0n) is 9.24. The number of carbonyl (C=O) groups excluding carboxylic acids is 1. The molecule has 0 radical (unpaired) electrons. The Morgan fingerprint density at radius 3 is 2.71 bits per heavy atom. The van der Waals surface area contributed by atoms with Gasteiger partial charge in [0.2, 0.25) is 0 Å². The van der Waals surface area contributed by atoms with E-state index >= 15 is 0 Å². The Hall–Kier alpha value is -2.04. The summed E-state index contributed by atoms with van der Waals surface area (Å²) in [6, 6.07) is 6.61. The van der Waals surface area contributed by atoms with Crippen LogP contribution in [0, 0.1) is 0 Å². The summed E-state index contributed by atoms with van der Waals surface area (Å²) in [6.07, 6.45) is 0.679. The molecule has 17 heavy (non-hydrogen) atoms. The molecule has 1 aromatic rings. The van der Waals surface area contributed by atoms with Crippen molar-refractivity contribution in [2.75, 3.05) is 6.54 Å². The van der Waals surface area contributed by atoms with Gasteiger partial charge in [-0.15, -0.1) is 0 Å². The van der Waals surface area contributed by atoms with Crippen molar-refractivity contribution < 1.29 is 14.6 Å². The number of aliphatic hydroxyl groups is 1. The van der Waals surface area contributed by atoms with E-state index in [1.807, 2.05) is 0 Å². The van der Waals surface area contributed by atoms with Gasteiger partial charge in [0.05, 0.1) is 6.61 Å². The third-order valence-electron chi connectivity index (χ3n) is 2.04. The predicted octanol–water partition coefficient (Wildman–Crippen LogP) is 2.17. The molecule has 0 bridgehead atoms. The third kappa shape index (κ3) is 5.01. The van der Waals surface area contributed by atoms with Crippen molar-refractivity contribution >= 4 is 5.97 Å². The Labute approximate surface area is 98.5 Å². The largest absolute Gasteiger partial charge is 0.427 e. The molecule has 0 fully saturated rings. The van der Waals surface area contributed by atoms with Crippen molar-refractivity contribution in [2.45, 2.75) is 19.4 Å². The first-order valence-electron chi connectivity index (χ1n) is 5.17. The molecule has 0 saturated carbocycles. The molecule has 0 aliphatic heterocycles. The van der Waals surface area contributed by atoms with E-state index in [0.717, 1.165) is 5.56 Å². The van der Waals surface area contributed by atoms with Gasteiger partial charge in [-0.1, -0.05) is 17.2 Å². The molecule has 0 saturated heterocycles. The number of hydrogen-bond acceptors (Lipinski definition) is 4. The number of aliphatic hydroxyl groups excluding tert-OH is 1. The lowest BCUT2D eigenvalue weighted by molar-refractivity contribution is -0.134. The van der Waals surface area contributed by atoms with E-state index in [1.165, 1.54) is 0 Å². The van der Waals surface area contributed by atoms with Gasteiger partial charge in [0.1, 0.15) is 5.75 Å². The summed E-state index contributed by atoms with van der Waals surface area (Å²) >= 11 is 0. The fraction of sp³-hybridized carbons (Fsp3) is 0.364. The molecular weight excluding hydrogens is 222 g/mol. The molecule has 1 rings (SSSR count). The first kappa shape index (κ1) is 13.0. The fourth-order valence-corrected chi connectivity index (χ4v) is 1.18. The smallest absolute Gasteiger partial charge is 0.311 e. The lowest BCUT2D eigenvalue weighted by Gasteiger charge is -2.04. The standard InChI is InChI=1S/C11H13N3O3/c12-14-13-7-1-2-11(16)17-10-5-3-9(8-15)4-6-10/h3-6,15H,1-2,7-8H2. The second kappa shape index (κ2) is 7.27. The summed E-state index contributed by atoms with van der Waals surface area (Å²) in [5, 5.41) is 12.1. The van der Waals surface area contributed by atoms with Crippen LogP contribution in [0.15, 0.2) is 29.4 Å². The molecule has 0 unspecified atom stereocenters. The van der Waals surface area contributed by atoms with Gasteiger partial charge in [0.25, 0.3) is 0 Å². The van der Waals surface area contributed by atoms with Crippen LogP contribution < -0.4 is 4.74 Å². The molecule has 1 aromatic carbocycles. The number of ether oxygens (including phenoxy) is 1. The Morgan fingerprint density at radius 2 is 2.12 bits per heavy atom. The van der Waals surface area contributed by atoms with Crippen LogP contribution in [-0.2, 0) is 11.4 Å². The van der Waals surface area contributed by atoms with Crippen LogP contribution in [0.5, 0.6) is 5.75 Å². The summed E-state index contributed by atoms with van der Waals surface area (Å²) in [6.45, 7) is 0.245. The molecule has 6 heteroatoms. The lowest BCUT2D eigenvalue weighted by Crippen LogP contribution is -2.08. The highest BCUT2D eigenvalue weighted by Gasteiger charge is 2.04.